The lowest BCUT2D eigenvalue weighted by Gasteiger charge is -2.43. The zero-order chi connectivity index (χ0) is 25.3. The summed E-state index contributed by atoms with van der Waals surface area (Å²) in [5.74, 6) is 0.389. The number of aromatic nitrogens is 4. The number of anilines is 1. The van der Waals surface area contributed by atoms with Gasteiger partial charge in [-0.25, -0.2) is 15.0 Å². The number of hydroxylamine groups is 2. The van der Waals surface area contributed by atoms with Crippen LogP contribution in [0.1, 0.15) is 27.2 Å². The van der Waals surface area contributed by atoms with Gasteiger partial charge in [0.2, 0.25) is 0 Å². The topological polar surface area (TPSA) is 91.3 Å². The molecule has 1 aliphatic rings. The van der Waals surface area contributed by atoms with Gasteiger partial charge in [-0.1, -0.05) is 81.4 Å². The van der Waals surface area contributed by atoms with E-state index in [2.05, 4.69) is 96.4 Å². The van der Waals surface area contributed by atoms with Crippen molar-refractivity contribution in [3.63, 3.8) is 0 Å². The summed E-state index contributed by atoms with van der Waals surface area (Å²) < 4.78 is 9.13. The Bertz CT molecular complexity index is 1270. The van der Waals surface area contributed by atoms with Crippen molar-refractivity contribution < 1.29 is 9.26 Å². The number of nitrogen functional groups attached to an aromatic ring is 1. The van der Waals surface area contributed by atoms with Crippen molar-refractivity contribution in [1.82, 2.24) is 24.6 Å². The SMILES string of the molecule is CN1O[C@@H](Cn2cnc3c(N)ncnc32)C[C@H]1CO[Si](c1ccccc1)(c1ccccc1)C(C)(C)C. The second kappa shape index (κ2) is 9.74. The minimum atomic E-state index is -2.60. The summed E-state index contributed by atoms with van der Waals surface area (Å²) in [6, 6.07) is 21.6. The smallest absolute Gasteiger partial charge is 0.261 e. The lowest BCUT2D eigenvalue weighted by molar-refractivity contribution is -0.150. The zero-order valence-corrected chi connectivity index (χ0v) is 22.3. The van der Waals surface area contributed by atoms with Gasteiger partial charge in [0.25, 0.3) is 8.32 Å². The highest BCUT2D eigenvalue weighted by atomic mass is 28.4. The van der Waals surface area contributed by atoms with Gasteiger partial charge in [0.05, 0.1) is 31.6 Å². The fraction of sp³-hybridized carbons (Fsp3) is 0.370. The molecule has 9 heteroatoms. The molecular formula is C27H34N6O2Si. The number of hydrogen-bond acceptors (Lipinski definition) is 7. The number of likely N-dealkylation sites (N-methyl/N-ethyl adjacent to an activating group) is 1. The summed E-state index contributed by atoms with van der Waals surface area (Å²) in [5.41, 5.74) is 7.30. The summed E-state index contributed by atoms with van der Waals surface area (Å²) in [6.07, 6.45) is 4.05. The molecule has 2 N–H and O–H groups in total. The Balaban J connectivity index is 1.38. The summed E-state index contributed by atoms with van der Waals surface area (Å²) >= 11 is 0. The van der Waals surface area contributed by atoms with Crippen molar-refractivity contribution in [3.05, 3.63) is 73.3 Å². The predicted molar refractivity (Wildman–Crippen MR) is 144 cm³/mol. The van der Waals surface area contributed by atoms with Crippen LogP contribution in [-0.4, -0.2) is 58.7 Å². The van der Waals surface area contributed by atoms with E-state index in [4.69, 9.17) is 15.0 Å². The van der Waals surface area contributed by atoms with Crippen LogP contribution in [-0.2, 0) is 15.8 Å². The van der Waals surface area contributed by atoms with Gasteiger partial charge in [-0.15, -0.1) is 0 Å². The Morgan fingerprint density at radius 3 is 2.25 bits per heavy atom. The van der Waals surface area contributed by atoms with Crippen molar-refractivity contribution in [2.75, 3.05) is 19.4 Å². The Labute approximate surface area is 213 Å². The standard InChI is InChI=1S/C27H34N6O2Si/c1-27(2,3)36(22-11-7-5-8-12-22,23-13-9-6-10-14-23)34-17-20-15-21(35-32(20)4)16-33-19-31-24-25(28)29-18-30-26(24)33/h5-14,18-21H,15-17H2,1-4H3,(H2,28,29,30)/t20-,21+/m0/s1. The highest BCUT2D eigenvalue weighted by molar-refractivity contribution is 6.99. The summed E-state index contributed by atoms with van der Waals surface area (Å²) in [5, 5.41) is 4.45. The lowest BCUT2D eigenvalue weighted by atomic mass is 10.1. The van der Waals surface area contributed by atoms with Crippen molar-refractivity contribution in [2.45, 2.75) is 50.9 Å². The fourth-order valence-corrected chi connectivity index (χ4v) is 9.93. The first-order valence-electron chi connectivity index (χ1n) is 12.4. The van der Waals surface area contributed by atoms with E-state index in [1.165, 1.54) is 16.7 Å². The quantitative estimate of drug-likeness (QED) is 0.389. The van der Waals surface area contributed by atoms with E-state index in [0.29, 0.717) is 24.5 Å². The van der Waals surface area contributed by atoms with Gasteiger partial charge in [-0.2, -0.15) is 5.06 Å². The molecule has 1 aliphatic heterocycles. The van der Waals surface area contributed by atoms with Gasteiger partial charge in [0.15, 0.2) is 11.5 Å². The molecule has 1 fully saturated rings. The molecule has 0 saturated carbocycles. The van der Waals surface area contributed by atoms with Crippen molar-refractivity contribution in [3.8, 4) is 0 Å². The monoisotopic (exact) mass is 502 g/mol. The van der Waals surface area contributed by atoms with E-state index in [-0.39, 0.29) is 17.2 Å². The van der Waals surface area contributed by atoms with Crippen LogP contribution in [0.2, 0.25) is 5.04 Å². The van der Waals surface area contributed by atoms with Crippen LogP contribution < -0.4 is 16.1 Å². The molecule has 0 unspecified atom stereocenters. The first-order valence-corrected chi connectivity index (χ1v) is 14.3. The number of imidazole rings is 1. The molecular weight excluding hydrogens is 468 g/mol. The fourth-order valence-electron chi connectivity index (χ4n) is 5.33. The molecule has 3 heterocycles. The molecule has 0 amide bonds. The molecule has 0 bridgehead atoms. The average Bonchev–Trinajstić information content (AvgIpc) is 3.44. The lowest BCUT2D eigenvalue weighted by Crippen LogP contribution is -2.67. The van der Waals surface area contributed by atoms with E-state index < -0.39 is 8.32 Å². The van der Waals surface area contributed by atoms with Crippen LogP contribution in [0.4, 0.5) is 5.82 Å². The molecule has 0 spiro atoms. The molecule has 36 heavy (non-hydrogen) atoms. The van der Waals surface area contributed by atoms with Gasteiger partial charge < -0.3 is 14.7 Å². The third kappa shape index (κ3) is 4.43. The Morgan fingerprint density at radius 1 is 1.00 bits per heavy atom. The molecule has 2 atom stereocenters. The number of fused-ring (bicyclic) bond motifs is 1. The first-order chi connectivity index (χ1) is 17.3. The molecule has 0 radical (unpaired) electrons. The summed E-state index contributed by atoms with van der Waals surface area (Å²) in [6.45, 7) is 8.12. The third-order valence-electron chi connectivity index (χ3n) is 7.10. The molecule has 5 rings (SSSR count). The van der Waals surface area contributed by atoms with Crippen LogP contribution in [0.25, 0.3) is 11.2 Å². The first kappa shape index (κ1) is 24.6. The molecule has 188 valence electrons. The molecule has 2 aromatic carbocycles. The molecule has 1 saturated heterocycles. The minimum absolute atomic E-state index is 0.0173. The maximum Gasteiger partial charge on any atom is 0.261 e. The van der Waals surface area contributed by atoms with Gasteiger partial charge in [-0.3, -0.25) is 4.84 Å². The Morgan fingerprint density at radius 2 is 1.64 bits per heavy atom. The highest BCUT2D eigenvalue weighted by Crippen LogP contribution is 2.37. The van der Waals surface area contributed by atoms with Gasteiger partial charge in [-0.05, 0) is 21.8 Å². The normalized spacial score (nSPS) is 19.2. The second-order valence-corrected chi connectivity index (χ2v) is 14.8. The van der Waals surface area contributed by atoms with Gasteiger partial charge >= 0.3 is 0 Å². The van der Waals surface area contributed by atoms with E-state index >= 15 is 0 Å². The Hall–Kier alpha value is -3.11. The highest BCUT2D eigenvalue weighted by Gasteiger charge is 2.51. The van der Waals surface area contributed by atoms with Crippen LogP contribution in [0.5, 0.6) is 0 Å². The van der Waals surface area contributed by atoms with Crippen LogP contribution in [0, 0.1) is 0 Å². The Kier molecular flexibility index (Phi) is 6.65. The van der Waals surface area contributed by atoms with Gasteiger partial charge in [0.1, 0.15) is 11.8 Å². The van der Waals surface area contributed by atoms with Crippen LogP contribution in [0.3, 0.4) is 0 Å². The number of rotatable bonds is 7. The zero-order valence-electron chi connectivity index (χ0n) is 21.3. The summed E-state index contributed by atoms with van der Waals surface area (Å²) in [4.78, 5) is 19.0. The molecule has 0 aliphatic carbocycles. The largest absolute Gasteiger partial charge is 0.406 e. The van der Waals surface area contributed by atoms with E-state index in [0.717, 1.165) is 12.1 Å². The van der Waals surface area contributed by atoms with E-state index in [1.807, 2.05) is 16.7 Å². The van der Waals surface area contributed by atoms with Gasteiger partial charge in [0, 0.05) is 7.05 Å². The van der Waals surface area contributed by atoms with Crippen molar-refractivity contribution >= 4 is 35.7 Å². The van der Waals surface area contributed by atoms with E-state index in [9.17, 15) is 0 Å². The maximum atomic E-state index is 7.15. The number of benzene rings is 2. The minimum Gasteiger partial charge on any atom is -0.406 e. The average molecular weight is 503 g/mol. The maximum absolute atomic E-state index is 7.15. The molecule has 2 aromatic heterocycles. The number of nitrogens with zero attached hydrogens (tertiary/aromatic N) is 5. The van der Waals surface area contributed by atoms with Crippen LogP contribution >= 0.6 is 0 Å². The molecule has 4 aromatic rings. The summed E-state index contributed by atoms with van der Waals surface area (Å²) in [7, 11) is -0.611. The van der Waals surface area contributed by atoms with Crippen LogP contribution in [0.15, 0.2) is 73.3 Å². The number of nitrogens with two attached hydrogens (primary N) is 1. The van der Waals surface area contributed by atoms with Crippen molar-refractivity contribution in [1.29, 1.82) is 0 Å². The molecule has 8 nitrogen and oxygen atoms in total. The number of hydrogen-bond donors (Lipinski definition) is 1. The van der Waals surface area contributed by atoms with Crippen molar-refractivity contribution in [2.24, 2.45) is 0 Å². The third-order valence-corrected chi connectivity index (χ3v) is 12.1. The second-order valence-electron chi connectivity index (χ2n) is 10.5. The van der Waals surface area contributed by atoms with E-state index in [1.54, 1.807) is 6.33 Å². The predicted octanol–water partition coefficient (Wildman–Crippen LogP) is 2.99.